The summed E-state index contributed by atoms with van der Waals surface area (Å²) in [7, 11) is 0. The zero-order chi connectivity index (χ0) is 12.7. The number of rotatable bonds is 6. The molecule has 3 nitrogen and oxygen atoms in total. The van der Waals surface area contributed by atoms with Gasteiger partial charge in [-0.05, 0) is 37.1 Å². The van der Waals surface area contributed by atoms with Gasteiger partial charge in [0.2, 0.25) is 0 Å². The van der Waals surface area contributed by atoms with Crippen molar-refractivity contribution in [3.63, 3.8) is 0 Å². The maximum atomic E-state index is 13.0. The molecule has 17 heavy (non-hydrogen) atoms. The van der Waals surface area contributed by atoms with Crippen molar-refractivity contribution in [3.05, 3.63) is 35.1 Å². The molecule has 4 heteroatoms. The third-order valence-corrected chi connectivity index (χ3v) is 2.61. The average molecular weight is 236 g/mol. The largest absolute Gasteiger partial charge is 0.393 e. The lowest BCUT2D eigenvalue weighted by molar-refractivity contribution is 0.159. The zero-order valence-electron chi connectivity index (χ0n) is 9.91. The molecule has 0 fully saturated rings. The van der Waals surface area contributed by atoms with Crippen molar-refractivity contribution in [2.45, 2.75) is 32.4 Å². The van der Waals surface area contributed by atoms with E-state index in [1.807, 2.05) is 13.0 Å². The molecule has 0 aliphatic rings. The van der Waals surface area contributed by atoms with Crippen LogP contribution < -0.4 is 5.32 Å². The van der Waals surface area contributed by atoms with E-state index < -0.39 is 5.82 Å². The summed E-state index contributed by atoms with van der Waals surface area (Å²) >= 11 is 0. The Morgan fingerprint density at radius 1 is 1.53 bits per heavy atom. The maximum Gasteiger partial charge on any atom is 0.140 e. The van der Waals surface area contributed by atoms with E-state index in [2.05, 4.69) is 5.32 Å². The Labute approximate surface area is 101 Å². The van der Waals surface area contributed by atoms with Crippen LogP contribution in [-0.4, -0.2) is 17.8 Å². The highest BCUT2D eigenvalue weighted by atomic mass is 19.1. The highest BCUT2D eigenvalue weighted by Gasteiger charge is 2.03. The summed E-state index contributed by atoms with van der Waals surface area (Å²) in [6.45, 7) is 3.21. The van der Waals surface area contributed by atoms with Gasteiger partial charge < -0.3 is 10.4 Å². The Kier molecular flexibility index (Phi) is 5.61. The number of aliphatic hydroxyl groups excluding tert-OH is 1. The molecule has 1 atom stereocenters. The van der Waals surface area contributed by atoms with Crippen LogP contribution in [0.2, 0.25) is 0 Å². The molecule has 0 radical (unpaired) electrons. The van der Waals surface area contributed by atoms with E-state index in [4.69, 9.17) is 5.26 Å². The van der Waals surface area contributed by atoms with Crippen molar-refractivity contribution >= 4 is 0 Å². The second-order valence-electron chi connectivity index (χ2n) is 3.95. The normalized spacial score (nSPS) is 12.1. The SMILES string of the molecule is CCC(O)CCNCc1ccc(F)c(C#N)c1. The number of halogens is 1. The van der Waals surface area contributed by atoms with Crippen molar-refractivity contribution < 1.29 is 9.50 Å². The summed E-state index contributed by atoms with van der Waals surface area (Å²) in [5, 5.41) is 21.2. The zero-order valence-corrected chi connectivity index (χ0v) is 9.91. The second kappa shape index (κ2) is 7.00. The summed E-state index contributed by atoms with van der Waals surface area (Å²) in [6, 6.07) is 6.31. The smallest absolute Gasteiger partial charge is 0.140 e. The van der Waals surface area contributed by atoms with E-state index in [0.717, 1.165) is 12.0 Å². The molecule has 1 rings (SSSR count). The predicted molar refractivity (Wildman–Crippen MR) is 63.7 cm³/mol. The molecule has 0 amide bonds. The van der Waals surface area contributed by atoms with Gasteiger partial charge in [-0.3, -0.25) is 0 Å². The van der Waals surface area contributed by atoms with Crippen molar-refractivity contribution in [2.75, 3.05) is 6.54 Å². The van der Waals surface area contributed by atoms with E-state index in [9.17, 15) is 9.50 Å². The van der Waals surface area contributed by atoms with Crippen LogP contribution in [0.1, 0.15) is 30.9 Å². The molecule has 2 N–H and O–H groups in total. The second-order valence-corrected chi connectivity index (χ2v) is 3.95. The molecule has 0 bridgehead atoms. The van der Waals surface area contributed by atoms with Gasteiger partial charge in [-0.1, -0.05) is 13.0 Å². The van der Waals surface area contributed by atoms with Gasteiger partial charge >= 0.3 is 0 Å². The first-order chi connectivity index (χ1) is 8.17. The number of hydrogen-bond acceptors (Lipinski definition) is 3. The first-order valence-electron chi connectivity index (χ1n) is 5.74. The number of nitrogens with one attached hydrogen (secondary N) is 1. The molecule has 0 saturated carbocycles. The molecule has 1 unspecified atom stereocenters. The first kappa shape index (κ1) is 13.6. The summed E-state index contributed by atoms with van der Waals surface area (Å²) < 4.78 is 13.0. The van der Waals surface area contributed by atoms with Crippen LogP contribution in [0.25, 0.3) is 0 Å². The van der Waals surface area contributed by atoms with Crippen molar-refractivity contribution in [1.29, 1.82) is 5.26 Å². The molecule has 1 aromatic carbocycles. The van der Waals surface area contributed by atoms with E-state index >= 15 is 0 Å². The molecule has 0 heterocycles. The molecule has 92 valence electrons. The van der Waals surface area contributed by atoms with Crippen molar-refractivity contribution in [2.24, 2.45) is 0 Å². The van der Waals surface area contributed by atoms with E-state index in [-0.39, 0.29) is 11.7 Å². The Morgan fingerprint density at radius 3 is 2.94 bits per heavy atom. The number of nitrogens with zero attached hydrogens (tertiary/aromatic N) is 1. The Balaban J connectivity index is 2.40. The molecule has 0 aliphatic carbocycles. The molecule has 0 spiro atoms. The fourth-order valence-electron chi connectivity index (χ4n) is 1.47. The van der Waals surface area contributed by atoms with Gasteiger partial charge in [-0.25, -0.2) is 4.39 Å². The predicted octanol–water partition coefficient (Wildman–Crippen LogP) is 1.95. The topological polar surface area (TPSA) is 56.0 Å². The number of nitriles is 1. The van der Waals surface area contributed by atoms with E-state index in [1.54, 1.807) is 12.1 Å². The van der Waals surface area contributed by atoms with Gasteiger partial charge in [0.25, 0.3) is 0 Å². The Hall–Kier alpha value is -1.44. The Morgan fingerprint density at radius 2 is 2.29 bits per heavy atom. The van der Waals surface area contributed by atoms with Crippen LogP contribution in [0.3, 0.4) is 0 Å². The molecular weight excluding hydrogens is 219 g/mol. The molecule has 0 aromatic heterocycles. The van der Waals surface area contributed by atoms with Gasteiger partial charge in [0.15, 0.2) is 0 Å². The summed E-state index contributed by atoms with van der Waals surface area (Å²) in [5.74, 6) is -0.488. The molecule has 0 aliphatic heterocycles. The fraction of sp³-hybridized carbons (Fsp3) is 0.462. The third kappa shape index (κ3) is 4.51. The van der Waals surface area contributed by atoms with Gasteiger partial charge in [0, 0.05) is 6.54 Å². The highest BCUT2D eigenvalue weighted by Crippen LogP contribution is 2.09. The van der Waals surface area contributed by atoms with E-state index in [0.29, 0.717) is 19.5 Å². The first-order valence-corrected chi connectivity index (χ1v) is 5.74. The average Bonchev–Trinajstić information content (AvgIpc) is 2.36. The minimum Gasteiger partial charge on any atom is -0.393 e. The highest BCUT2D eigenvalue weighted by molar-refractivity contribution is 5.34. The molecule has 1 aromatic rings. The monoisotopic (exact) mass is 236 g/mol. The fourth-order valence-corrected chi connectivity index (χ4v) is 1.47. The van der Waals surface area contributed by atoms with Crippen LogP contribution in [-0.2, 0) is 6.54 Å². The standard InChI is InChI=1S/C13H17FN2O/c1-2-12(17)5-6-16-9-10-3-4-13(14)11(7-10)8-15/h3-4,7,12,16-17H,2,5-6,9H2,1H3. The van der Waals surface area contributed by atoms with Crippen LogP contribution >= 0.6 is 0 Å². The van der Waals surface area contributed by atoms with Crippen LogP contribution in [0.5, 0.6) is 0 Å². The number of hydrogen-bond donors (Lipinski definition) is 2. The lowest BCUT2D eigenvalue weighted by atomic mass is 10.1. The van der Waals surface area contributed by atoms with E-state index in [1.165, 1.54) is 6.07 Å². The maximum absolute atomic E-state index is 13.0. The minimum absolute atomic E-state index is 0.0675. The van der Waals surface area contributed by atoms with Gasteiger partial charge in [-0.2, -0.15) is 5.26 Å². The van der Waals surface area contributed by atoms with Crippen LogP contribution in [0.15, 0.2) is 18.2 Å². The van der Waals surface area contributed by atoms with Crippen LogP contribution in [0.4, 0.5) is 4.39 Å². The lowest BCUT2D eigenvalue weighted by Gasteiger charge is -2.09. The van der Waals surface area contributed by atoms with Gasteiger partial charge in [0.05, 0.1) is 11.7 Å². The number of benzene rings is 1. The summed E-state index contributed by atoms with van der Waals surface area (Å²) in [6.07, 6.45) is 1.17. The van der Waals surface area contributed by atoms with Gasteiger partial charge in [0.1, 0.15) is 11.9 Å². The Bertz CT molecular complexity index is 401. The van der Waals surface area contributed by atoms with Crippen molar-refractivity contribution in [3.8, 4) is 6.07 Å². The lowest BCUT2D eigenvalue weighted by Crippen LogP contribution is -2.19. The molecule has 0 saturated heterocycles. The number of aliphatic hydroxyl groups is 1. The summed E-state index contributed by atoms with van der Waals surface area (Å²) in [5.41, 5.74) is 0.937. The molecular formula is C13H17FN2O. The minimum atomic E-state index is -0.488. The third-order valence-electron chi connectivity index (χ3n) is 2.61. The quantitative estimate of drug-likeness (QED) is 0.742. The van der Waals surface area contributed by atoms with Crippen LogP contribution in [0, 0.1) is 17.1 Å². The van der Waals surface area contributed by atoms with Gasteiger partial charge in [-0.15, -0.1) is 0 Å². The van der Waals surface area contributed by atoms with Crippen molar-refractivity contribution in [1.82, 2.24) is 5.32 Å². The summed E-state index contributed by atoms with van der Waals surface area (Å²) in [4.78, 5) is 0.